The van der Waals surface area contributed by atoms with E-state index in [1.165, 1.54) is 22.9 Å². The Hall–Kier alpha value is -4.99. The highest BCUT2D eigenvalue weighted by Gasteiger charge is 2.49. The van der Waals surface area contributed by atoms with E-state index in [0.717, 1.165) is 41.0 Å². The topological polar surface area (TPSA) is 213 Å². The molecule has 2 unspecified atom stereocenters. The highest BCUT2D eigenvalue weighted by atomic mass is 32.2. The van der Waals surface area contributed by atoms with Crippen molar-refractivity contribution in [2.24, 2.45) is 10.8 Å². The number of sulfonamides is 1. The van der Waals surface area contributed by atoms with Crippen molar-refractivity contribution in [1.29, 1.82) is 0 Å². The van der Waals surface area contributed by atoms with E-state index < -0.39 is 86.8 Å². The molecular formula is C43H63N7O10S. The third-order valence-electron chi connectivity index (χ3n) is 11.9. The largest absolute Gasteiger partial charge is 0.441 e. The number of benzene rings is 1. The Morgan fingerprint density at radius 3 is 2.36 bits per heavy atom. The van der Waals surface area contributed by atoms with Crippen molar-refractivity contribution < 1.29 is 47.0 Å². The van der Waals surface area contributed by atoms with Crippen LogP contribution in [-0.2, 0) is 51.9 Å². The summed E-state index contributed by atoms with van der Waals surface area (Å²) in [6.07, 6.45) is 10.3. The second-order valence-electron chi connectivity index (χ2n) is 17.6. The molecular weight excluding hydrogens is 807 g/mol. The summed E-state index contributed by atoms with van der Waals surface area (Å²) < 4.78 is 25.8. The lowest BCUT2D eigenvalue weighted by Crippen LogP contribution is -2.63. The van der Waals surface area contributed by atoms with E-state index in [1.54, 1.807) is 0 Å². The number of likely N-dealkylation sites (tertiary alicyclic amines) is 1. The van der Waals surface area contributed by atoms with Crippen LogP contribution in [0.4, 0.5) is 9.59 Å². The van der Waals surface area contributed by atoms with Crippen LogP contribution in [0.2, 0.25) is 0 Å². The standard InChI is InChI=1S/C43H63N7O10S/c1-9-11-19-32(35(51)38(53)44-23-10-2)45-37(52)33-25-31(59-60-41(56)49-24-20-29-17-13-14-18-30(29)26-49)27-50(33)39(54)36(43(6)21-15-12-16-22-43)47-40(55)46-34(42(3,4)5)28-48(7)61(8,57)58/h1,10,13-14,17-18,31-34,36H,2,11-12,15-16,19-28H2,3-8H3,(H,44,53)(H,45,52)(H2,46,47,55)/t31?,32?,33-,34+,36+/m0/s1. The fraction of sp³-hybridized carbons (Fsp3) is 0.628. The van der Waals surface area contributed by atoms with Crippen molar-refractivity contribution in [1.82, 2.24) is 35.4 Å². The molecule has 61 heavy (non-hydrogen) atoms. The zero-order valence-corrected chi connectivity index (χ0v) is 37.1. The van der Waals surface area contributed by atoms with Gasteiger partial charge in [0, 0.05) is 52.1 Å². The fourth-order valence-corrected chi connectivity index (χ4v) is 8.37. The van der Waals surface area contributed by atoms with Crippen molar-refractivity contribution in [3.05, 3.63) is 48.0 Å². The van der Waals surface area contributed by atoms with Gasteiger partial charge >= 0.3 is 12.1 Å². The first kappa shape index (κ1) is 48.7. The van der Waals surface area contributed by atoms with Crippen LogP contribution in [0.5, 0.6) is 0 Å². The van der Waals surface area contributed by atoms with Gasteiger partial charge in [-0.2, -0.15) is 4.89 Å². The number of terminal acetylenes is 1. The van der Waals surface area contributed by atoms with E-state index in [2.05, 4.69) is 33.8 Å². The number of hydrogen-bond donors (Lipinski definition) is 4. The molecule has 2 heterocycles. The number of hydrogen-bond acceptors (Lipinski definition) is 10. The maximum absolute atomic E-state index is 15.0. The van der Waals surface area contributed by atoms with E-state index in [4.69, 9.17) is 16.2 Å². The number of Topliss-reactive ketones (excluding diaryl/α,β-unsaturated/α-hetero) is 1. The Balaban J connectivity index is 1.63. The highest BCUT2D eigenvalue weighted by Crippen LogP contribution is 2.40. The van der Waals surface area contributed by atoms with Gasteiger partial charge in [-0.3, -0.25) is 24.1 Å². The van der Waals surface area contributed by atoms with Gasteiger partial charge in [0.1, 0.15) is 18.2 Å². The summed E-state index contributed by atoms with van der Waals surface area (Å²) in [7, 11) is -2.17. The van der Waals surface area contributed by atoms with Gasteiger partial charge in [-0.15, -0.1) is 18.9 Å². The van der Waals surface area contributed by atoms with E-state index in [9.17, 15) is 32.4 Å². The van der Waals surface area contributed by atoms with Crippen LogP contribution in [0.15, 0.2) is 36.9 Å². The lowest BCUT2D eigenvalue weighted by molar-refractivity contribution is -0.275. The maximum Gasteiger partial charge on any atom is 0.441 e. The van der Waals surface area contributed by atoms with Crippen LogP contribution >= 0.6 is 0 Å². The number of ketones is 1. The molecule has 1 saturated carbocycles. The molecule has 2 fully saturated rings. The molecule has 18 heteroatoms. The van der Waals surface area contributed by atoms with Crippen LogP contribution in [-0.4, -0.2) is 128 Å². The third-order valence-corrected chi connectivity index (χ3v) is 13.2. The minimum absolute atomic E-state index is 0.0125. The number of amides is 6. The van der Waals surface area contributed by atoms with Gasteiger partial charge in [0.05, 0.1) is 18.8 Å². The van der Waals surface area contributed by atoms with Crippen molar-refractivity contribution in [2.75, 3.05) is 39.5 Å². The Labute approximate surface area is 360 Å². The second-order valence-corrected chi connectivity index (χ2v) is 19.7. The molecule has 2 aliphatic heterocycles. The van der Waals surface area contributed by atoms with Gasteiger partial charge in [-0.25, -0.2) is 22.3 Å². The minimum atomic E-state index is -3.59. The Morgan fingerprint density at radius 1 is 1.07 bits per heavy atom. The molecule has 1 aromatic rings. The van der Waals surface area contributed by atoms with Gasteiger partial charge in [0.15, 0.2) is 0 Å². The van der Waals surface area contributed by atoms with Crippen LogP contribution in [0.3, 0.4) is 0 Å². The second kappa shape index (κ2) is 21.2. The smallest absolute Gasteiger partial charge is 0.346 e. The van der Waals surface area contributed by atoms with Gasteiger partial charge in [-0.1, -0.05) is 77.3 Å². The van der Waals surface area contributed by atoms with Crippen LogP contribution in [0.25, 0.3) is 0 Å². The predicted molar refractivity (Wildman–Crippen MR) is 228 cm³/mol. The maximum atomic E-state index is 15.0. The lowest BCUT2D eigenvalue weighted by atomic mass is 9.70. The fourth-order valence-electron chi connectivity index (χ4n) is 7.95. The summed E-state index contributed by atoms with van der Waals surface area (Å²) in [5, 5.41) is 10.9. The number of nitrogens with one attached hydrogen (secondary N) is 4. The first-order chi connectivity index (χ1) is 28.7. The predicted octanol–water partition coefficient (Wildman–Crippen LogP) is 2.80. The Bertz CT molecular complexity index is 1940. The number of carbonyl (C=O) groups is 6. The summed E-state index contributed by atoms with van der Waals surface area (Å²) in [6.45, 7) is 11.5. The van der Waals surface area contributed by atoms with Crippen LogP contribution < -0.4 is 21.3 Å². The number of rotatable bonds is 17. The molecule has 0 spiro atoms. The van der Waals surface area contributed by atoms with Gasteiger partial charge in [0.25, 0.3) is 5.91 Å². The van der Waals surface area contributed by atoms with Crippen LogP contribution in [0.1, 0.15) is 90.2 Å². The molecule has 336 valence electrons. The van der Waals surface area contributed by atoms with Gasteiger partial charge < -0.3 is 31.1 Å². The van der Waals surface area contributed by atoms with E-state index in [1.807, 2.05) is 52.0 Å². The minimum Gasteiger partial charge on any atom is -0.346 e. The Morgan fingerprint density at radius 2 is 1.74 bits per heavy atom. The summed E-state index contributed by atoms with van der Waals surface area (Å²) in [5.41, 5.74) is 0.737. The summed E-state index contributed by atoms with van der Waals surface area (Å²) in [4.78, 5) is 96.2. The number of nitrogens with zero attached hydrogens (tertiary/aromatic N) is 3. The summed E-state index contributed by atoms with van der Waals surface area (Å²) in [6, 6.07) is 2.58. The molecule has 6 amide bonds. The first-order valence-corrected chi connectivity index (χ1v) is 22.7. The SMILES string of the molecule is C#CCCC(NC(=O)[C@@H]1CC(OOC(=O)N2CCc3ccccc3C2)CN1C(=O)[C@@H](NC(=O)N[C@H](CN(C)S(C)(=O)=O)C(C)(C)C)C1(C)CCCCC1)C(=O)C(=O)NCC=C. The number of fused-ring (bicyclic) bond motifs is 1. The normalized spacial score (nSPS) is 20.2. The van der Waals surface area contributed by atoms with Crippen molar-refractivity contribution in [3.63, 3.8) is 0 Å². The molecule has 1 saturated heterocycles. The van der Waals surface area contributed by atoms with Gasteiger partial charge in [-0.05, 0) is 47.6 Å². The number of urea groups is 1. The molecule has 0 aromatic heterocycles. The number of carbonyl (C=O) groups excluding carboxylic acids is 6. The van der Waals surface area contributed by atoms with E-state index in [-0.39, 0.29) is 38.9 Å². The zero-order chi connectivity index (χ0) is 45.1. The molecule has 17 nitrogen and oxygen atoms in total. The van der Waals surface area contributed by atoms with Gasteiger partial charge in [0.2, 0.25) is 27.6 Å². The Kier molecular flexibility index (Phi) is 16.9. The molecule has 1 aliphatic carbocycles. The average Bonchev–Trinajstić information content (AvgIpc) is 3.65. The van der Waals surface area contributed by atoms with E-state index >= 15 is 4.79 Å². The molecule has 4 N–H and O–H groups in total. The highest BCUT2D eigenvalue weighted by molar-refractivity contribution is 7.88. The average molecular weight is 870 g/mol. The quantitative estimate of drug-likeness (QED) is 0.0591. The summed E-state index contributed by atoms with van der Waals surface area (Å²) >= 11 is 0. The lowest BCUT2D eigenvalue weighted by Gasteiger charge is -2.43. The molecule has 3 aliphatic rings. The molecule has 4 rings (SSSR count). The monoisotopic (exact) mass is 869 g/mol. The number of likely N-dealkylation sites (N-methyl/N-ethyl adjacent to an activating group) is 1. The molecule has 0 radical (unpaired) electrons. The van der Waals surface area contributed by atoms with Crippen molar-refractivity contribution in [2.45, 2.75) is 122 Å². The summed E-state index contributed by atoms with van der Waals surface area (Å²) in [5.74, 6) is -0.861. The zero-order valence-electron chi connectivity index (χ0n) is 36.3. The first-order valence-electron chi connectivity index (χ1n) is 20.8. The van der Waals surface area contributed by atoms with Crippen LogP contribution in [0, 0.1) is 23.2 Å². The molecule has 1 aromatic carbocycles. The van der Waals surface area contributed by atoms with Crippen molar-refractivity contribution in [3.8, 4) is 12.3 Å². The molecule has 0 bridgehead atoms. The van der Waals surface area contributed by atoms with Crippen molar-refractivity contribution >= 4 is 45.7 Å². The third kappa shape index (κ3) is 13.3. The van der Waals surface area contributed by atoms with E-state index in [0.29, 0.717) is 32.4 Å². The molecule has 5 atom stereocenters.